The zero-order valence-corrected chi connectivity index (χ0v) is 10.2. The fraction of sp³-hybridized carbons (Fsp3) is 0.0769. The van der Waals surface area contributed by atoms with Gasteiger partial charge < -0.3 is 5.11 Å². The molecule has 2 aromatic carbocycles. The minimum atomic E-state index is -0.943. The summed E-state index contributed by atoms with van der Waals surface area (Å²) in [5, 5.41) is 10.9. The van der Waals surface area contributed by atoms with Gasteiger partial charge in [0.1, 0.15) is 11.9 Å². The molecule has 0 heterocycles. The maximum absolute atomic E-state index is 13.0. The summed E-state index contributed by atoms with van der Waals surface area (Å²) >= 11 is 11.7. The molecule has 0 aliphatic rings. The van der Waals surface area contributed by atoms with Crippen molar-refractivity contribution in [3.8, 4) is 0 Å². The quantitative estimate of drug-likeness (QED) is 0.867. The number of hydrogen-bond acceptors (Lipinski definition) is 1. The molecule has 2 aromatic rings. The highest BCUT2D eigenvalue weighted by atomic mass is 35.5. The highest BCUT2D eigenvalue weighted by Gasteiger charge is 2.12. The van der Waals surface area contributed by atoms with Gasteiger partial charge in [-0.2, -0.15) is 0 Å². The third kappa shape index (κ3) is 2.97. The van der Waals surface area contributed by atoms with E-state index in [0.717, 1.165) is 0 Å². The molecule has 0 spiro atoms. The van der Waals surface area contributed by atoms with E-state index in [4.69, 9.17) is 23.2 Å². The van der Waals surface area contributed by atoms with Crippen LogP contribution in [-0.4, -0.2) is 5.11 Å². The molecule has 0 unspecified atom stereocenters. The van der Waals surface area contributed by atoms with Crippen molar-refractivity contribution in [1.82, 2.24) is 0 Å². The summed E-state index contributed by atoms with van der Waals surface area (Å²) in [5.74, 6) is -0.394. The van der Waals surface area contributed by atoms with Gasteiger partial charge >= 0.3 is 0 Å². The van der Waals surface area contributed by atoms with E-state index in [-0.39, 0.29) is 0 Å². The normalized spacial score (nSPS) is 12.5. The Morgan fingerprint density at radius 2 is 1.59 bits per heavy atom. The Balaban J connectivity index is 2.39. The first-order valence-corrected chi connectivity index (χ1v) is 5.71. The molecule has 1 nitrogen and oxygen atoms in total. The third-order valence-electron chi connectivity index (χ3n) is 2.37. The van der Waals surface area contributed by atoms with Gasteiger partial charge in [-0.25, -0.2) is 4.39 Å². The highest BCUT2D eigenvalue weighted by Crippen LogP contribution is 2.27. The molecule has 0 radical (unpaired) electrons. The van der Waals surface area contributed by atoms with Crippen LogP contribution in [0.15, 0.2) is 42.5 Å². The molecule has 4 heteroatoms. The first-order chi connectivity index (χ1) is 8.06. The maximum atomic E-state index is 13.0. The maximum Gasteiger partial charge on any atom is 0.123 e. The lowest BCUT2D eigenvalue weighted by Crippen LogP contribution is -2.00. The molecular formula is C13H9Cl2FO. The summed E-state index contributed by atoms with van der Waals surface area (Å²) < 4.78 is 13.0. The zero-order valence-electron chi connectivity index (χ0n) is 8.70. The van der Waals surface area contributed by atoms with Crippen LogP contribution in [0, 0.1) is 5.82 Å². The average Bonchev–Trinajstić information content (AvgIpc) is 2.26. The average molecular weight is 271 g/mol. The van der Waals surface area contributed by atoms with Gasteiger partial charge in [0.15, 0.2) is 0 Å². The first-order valence-electron chi connectivity index (χ1n) is 4.96. The van der Waals surface area contributed by atoms with Crippen LogP contribution in [0.5, 0.6) is 0 Å². The second-order valence-electron chi connectivity index (χ2n) is 3.66. The van der Waals surface area contributed by atoms with E-state index in [9.17, 15) is 9.50 Å². The Bertz CT molecular complexity index is 522. The Morgan fingerprint density at radius 1 is 0.941 bits per heavy atom. The molecule has 0 bridgehead atoms. The summed E-state index contributed by atoms with van der Waals surface area (Å²) in [6.45, 7) is 0. The molecule has 1 atom stereocenters. The topological polar surface area (TPSA) is 20.2 Å². The van der Waals surface area contributed by atoms with Gasteiger partial charge in [-0.3, -0.25) is 0 Å². The molecule has 0 aliphatic carbocycles. The van der Waals surface area contributed by atoms with Crippen molar-refractivity contribution in [3.63, 3.8) is 0 Å². The predicted octanol–water partition coefficient (Wildman–Crippen LogP) is 4.21. The molecule has 0 saturated carbocycles. The molecule has 0 fully saturated rings. The summed E-state index contributed by atoms with van der Waals surface area (Å²) in [7, 11) is 0. The number of aliphatic hydroxyl groups is 1. The van der Waals surface area contributed by atoms with Gasteiger partial charge in [0.25, 0.3) is 0 Å². The van der Waals surface area contributed by atoms with Gasteiger partial charge in [0.2, 0.25) is 0 Å². The lowest BCUT2D eigenvalue weighted by Gasteiger charge is -2.12. The minimum absolute atomic E-state index is 0.394. The number of benzene rings is 2. The molecular weight excluding hydrogens is 262 g/mol. The first kappa shape index (κ1) is 12.4. The second-order valence-corrected chi connectivity index (χ2v) is 4.53. The van der Waals surface area contributed by atoms with E-state index in [1.54, 1.807) is 30.3 Å². The molecule has 17 heavy (non-hydrogen) atoms. The monoisotopic (exact) mass is 270 g/mol. The van der Waals surface area contributed by atoms with Crippen molar-refractivity contribution < 1.29 is 9.50 Å². The lowest BCUT2D eigenvalue weighted by atomic mass is 10.0. The van der Waals surface area contributed by atoms with Crippen molar-refractivity contribution in [2.75, 3.05) is 0 Å². The molecule has 0 saturated heterocycles. The van der Waals surface area contributed by atoms with Gasteiger partial charge in [0.05, 0.1) is 0 Å². The van der Waals surface area contributed by atoms with E-state index in [2.05, 4.69) is 0 Å². The third-order valence-corrected chi connectivity index (χ3v) is 2.80. The van der Waals surface area contributed by atoms with Gasteiger partial charge in [-0.05, 0) is 41.5 Å². The van der Waals surface area contributed by atoms with Crippen molar-refractivity contribution in [3.05, 3.63) is 69.5 Å². The van der Waals surface area contributed by atoms with Crippen molar-refractivity contribution in [1.29, 1.82) is 0 Å². The van der Waals surface area contributed by atoms with E-state index in [0.29, 0.717) is 21.2 Å². The molecule has 1 N–H and O–H groups in total. The van der Waals surface area contributed by atoms with Crippen molar-refractivity contribution >= 4 is 23.2 Å². The molecule has 0 amide bonds. The Kier molecular flexibility index (Phi) is 3.67. The number of aliphatic hydroxyl groups excluding tert-OH is 1. The van der Waals surface area contributed by atoms with Gasteiger partial charge in [-0.15, -0.1) is 0 Å². The van der Waals surface area contributed by atoms with Gasteiger partial charge in [0, 0.05) is 10.0 Å². The standard InChI is InChI=1S/C13H9Cl2FO/c14-10-4-9(5-11(15)7-10)13(17)8-2-1-3-12(16)6-8/h1-7,13,17H/t13-/m1/s1. The second kappa shape index (κ2) is 5.05. The fourth-order valence-electron chi connectivity index (χ4n) is 1.60. The number of halogens is 3. The van der Waals surface area contributed by atoms with Gasteiger partial charge in [-0.1, -0.05) is 35.3 Å². The van der Waals surface area contributed by atoms with Crippen LogP contribution in [0.3, 0.4) is 0 Å². The van der Waals surface area contributed by atoms with Crippen LogP contribution >= 0.6 is 23.2 Å². The van der Waals surface area contributed by atoms with Crippen LogP contribution in [0.25, 0.3) is 0 Å². The minimum Gasteiger partial charge on any atom is -0.384 e. The van der Waals surface area contributed by atoms with Crippen LogP contribution in [0.4, 0.5) is 4.39 Å². The summed E-state index contributed by atoms with van der Waals surface area (Å²) in [6, 6.07) is 10.6. The number of rotatable bonds is 2. The van der Waals surface area contributed by atoms with E-state index in [1.807, 2.05) is 0 Å². The molecule has 2 rings (SSSR count). The molecule has 0 aliphatic heterocycles. The fourth-order valence-corrected chi connectivity index (χ4v) is 2.15. The smallest absolute Gasteiger partial charge is 0.123 e. The predicted molar refractivity (Wildman–Crippen MR) is 66.9 cm³/mol. The Hall–Kier alpha value is -1.09. The van der Waals surface area contributed by atoms with Crippen molar-refractivity contribution in [2.45, 2.75) is 6.10 Å². The van der Waals surface area contributed by atoms with Crippen LogP contribution in [0.1, 0.15) is 17.2 Å². The largest absolute Gasteiger partial charge is 0.384 e. The Morgan fingerprint density at radius 3 is 2.18 bits per heavy atom. The summed E-state index contributed by atoms with van der Waals surface area (Å²) in [5.41, 5.74) is 0.997. The Labute approximate surface area is 108 Å². The van der Waals surface area contributed by atoms with Crippen molar-refractivity contribution in [2.24, 2.45) is 0 Å². The van der Waals surface area contributed by atoms with E-state index >= 15 is 0 Å². The van der Waals surface area contributed by atoms with Crippen LogP contribution < -0.4 is 0 Å². The van der Waals surface area contributed by atoms with Crippen LogP contribution in [0.2, 0.25) is 10.0 Å². The van der Waals surface area contributed by atoms with E-state index in [1.165, 1.54) is 12.1 Å². The summed E-state index contributed by atoms with van der Waals surface area (Å²) in [4.78, 5) is 0. The SMILES string of the molecule is O[C@H](c1cccc(F)c1)c1cc(Cl)cc(Cl)c1. The highest BCUT2D eigenvalue weighted by molar-refractivity contribution is 6.34. The zero-order chi connectivity index (χ0) is 12.4. The molecule has 0 aromatic heterocycles. The van der Waals surface area contributed by atoms with Crippen LogP contribution in [-0.2, 0) is 0 Å². The number of hydrogen-bond donors (Lipinski definition) is 1. The lowest BCUT2D eigenvalue weighted by molar-refractivity contribution is 0.220. The van der Waals surface area contributed by atoms with E-state index < -0.39 is 11.9 Å². The summed E-state index contributed by atoms with van der Waals surface area (Å²) in [6.07, 6.45) is -0.943. The molecule has 88 valence electrons.